The second kappa shape index (κ2) is 10.9. The lowest BCUT2D eigenvalue weighted by atomic mass is 9.91. The van der Waals surface area contributed by atoms with Crippen LogP contribution in [-0.4, -0.2) is 61.5 Å². The molecular formula is C32H34N6O5. The van der Waals surface area contributed by atoms with E-state index in [0.29, 0.717) is 24.7 Å². The quantitative estimate of drug-likeness (QED) is 0.355. The first kappa shape index (κ1) is 28.5. The number of methoxy groups -OCH3 is 1. The fourth-order valence-electron chi connectivity index (χ4n) is 6.27. The monoisotopic (exact) mass is 582 g/mol. The third-order valence-electron chi connectivity index (χ3n) is 8.67. The number of fused-ring (bicyclic) bond motifs is 1. The topological polar surface area (TPSA) is 132 Å². The molecule has 11 heteroatoms. The number of hydrogen-bond acceptors (Lipinski definition) is 8. The van der Waals surface area contributed by atoms with E-state index in [9.17, 15) is 19.5 Å². The maximum absolute atomic E-state index is 13.1. The predicted molar refractivity (Wildman–Crippen MR) is 162 cm³/mol. The maximum Gasteiger partial charge on any atom is 0.346 e. The Balaban J connectivity index is 1.34. The second-order valence-corrected chi connectivity index (χ2v) is 11.3. The normalized spacial score (nSPS) is 16.6. The summed E-state index contributed by atoms with van der Waals surface area (Å²) in [6.45, 7) is 5.31. The first-order valence-corrected chi connectivity index (χ1v) is 14.2. The smallest absolute Gasteiger partial charge is 0.346 e. The Kier molecular flexibility index (Phi) is 7.23. The minimum absolute atomic E-state index is 0.207. The molecule has 2 aromatic carbocycles. The number of ether oxygens (including phenoxy) is 1. The summed E-state index contributed by atoms with van der Waals surface area (Å²) in [5.41, 5.74) is 6.69. The summed E-state index contributed by atoms with van der Waals surface area (Å²) >= 11 is 0. The van der Waals surface area contributed by atoms with Gasteiger partial charge in [-0.05, 0) is 66.6 Å². The van der Waals surface area contributed by atoms with Crippen molar-refractivity contribution in [3.05, 3.63) is 91.3 Å². The van der Waals surface area contributed by atoms with Crippen LogP contribution in [0.15, 0.2) is 52.1 Å². The van der Waals surface area contributed by atoms with Crippen molar-refractivity contribution in [1.82, 2.24) is 24.2 Å². The van der Waals surface area contributed by atoms with E-state index < -0.39 is 17.2 Å². The number of aliphatic hydroxyl groups is 1. The summed E-state index contributed by atoms with van der Waals surface area (Å²) in [7, 11) is 4.35. The summed E-state index contributed by atoms with van der Waals surface area (Å²) in [6, 6.07) is 14.0. The van der Waals surface area contributed by atoms with Crippen LogP contribution in [0, 0.1) is 13.8 Å². The van der Waals surface area contributed by atoms with E-state index in [1.54, 1.807) is 13.2 Å². The van der Waals surface area contributed by atoms with Crippen LogP contribution < -0.4 is 21.3 Å². The summed E-state index contributed by atoms with van der Waals surface area (Å²) in [4.78, 5) is 44.9. The number of nitrogens with zero attached hydrogens (tertiary/aromatic N) is 5. The highest BCUT2D eigenvalue weighted by Crippen LogP contribution is 2.44. The van der Waals surface area contributed by atoms with Gasteiger partial charge in [0.15, 0.2) is 0 Å². The van der Waals surface area contributed by atoms with Gasteiger partial charge >= 0.3 is 5.69 Å². The number of carbonyl (C=O) groups excluding carboxylic acids is 1. The number of aryl methyl sites for hydroxylation is 2. The van der Waals surface area contributed by atoms with Gasteiger partial charge in [-0.25, -0.2) is 14.5 Å². The minimum atomic E-state index is -0.760. The van der Waals surface area contributed by atoms with Gasteiger partial charge in [-0.1, -0.05) is 30.3 Å². The molecule has 3 heterocycles. The van der Waals surface area contributed by atoms with E-state index in [-0.39, 0.29) is 17.8 Å². The number of aromatic nitrogens is 4. The molecule has 1 fully saturated rings. The Labute approximate surface area is 248 Å². The zero-order valence-electron chi connectivity index (χ0n) is 24.8. The third-order valence-corrected chi connectivity index (χ3v) is 8.67. The number of pyridine rings is 1. The number of nitrogens with one attached hydrogen (secondary N) is 1. The molecule has 6 rings (SSSR count). The van der Waals surface area contributed by atoms with Gasteiger partial charge in [0.05, 0.1) is 18.9 Å². The van der Waals surface area contributed by atoms with Gasteiger partial charge in [-0.3, -0.25) is 19.1 Å². The highest BCUT2D eigenvalue weighted by atomic mass is 16.5. The van der Waals surface area contributed by atoms with Crippen molar-refractivity contribution in [2.75, 3.05) is 25.5 Å². The van der Waals surface area contributed by atoms with Crippen LogP contribution in [0.4, 0.5) is 5.69 Å². The molecule has 1 unspecified atom stereocenters. The molecule has 0 bridgehead atoms. The number of β-amino-alcohol motifs (C(OH)–C–C–N with tert-alkyl or cyclic N) is 1. The second-order valence-electron chi connectivity index (χ2n) is 11.3. The lowest BCUT2D eigenvalue weighted by Gasteiger charge is -2.40. The van der Waals surface area contributed by atoms with Crippen molar-refractivity contribution in [3.8, 4) is 28.3 Å². The summed E-state index contributed by atoms with van der Waals surface area (Å²) in [6.07, 6.45) is 1.63. The Hall–Kier alpha value is -4.61. The van der Waals surface area contributed by atoms with E-state index in [2.05, 4.69) is 28.3 Å². The fourth-order valence-corrected chi connectivity index (χ4v) is 6.27. The van der Waals surface area contributed by atoms with Crippen LogP contribution in [-0.2, 0) is 20.5 Å². The molecule has 0 spiro atoms. The van der Waals surface area contributed by atoms with Crippen LogP contribution in [0.2, 0.25) is 0 Å². The van der Waals surface area contributed by atoms with Crippen LogP contribution >= 0.6 is 0 Å². The lowest BCUT2D eigenvalue weighted by molar-refractivity contribution is -0.0256. The molecule has 43 heavy (non-hydrogen) atoms. The number of anilines is 1. The molecule has 4 aromatic rings. The summed E-state index contributed by atoms with van der Waals surface area (Å²) in [5.74, 6) is -0.0670. The van der Waals surface area contributed by atoms with Crippen molar-refractivity contribution in [2.45, 2.75) is 38.8 Å². The van der Waals surface area contributed by atoms with Gasteiger partial charge in [-0.2, -0.15) is 5.10 Å². The van der Waals surface area contributed by atoms with Gasteiger partial charge in [0, 0.05) is 50.0 Å². The van der Waals surface area contributed by atoms with Crippen LogP contribution in [0.1, 0.15) is 45.2 Å². The number of amides is 1. The van der Waals surface area contributed by atoms with Crippen molar-refractivity contribution >= 4 is 11.6 Å². The van der Waals surface area contributed by atoms with Crippen molar-refractivity contribution in [2.24, 2.45) is 14.1 Å². The van der Waals surface area contributed by atoms with E-state index in [4.69, 9.17) is 9.72 Å². The molecule has 1 atom stereocenters. The Bertz CT molecular complexity index is 1890. The molecule has 2 aliphatic rings. The molecule has 11 nitrogen and oxygen atoms in total. The SMILES string of the molecule is COc1nc(-c2cccc(-c3cccc(NC(=O)c4nn(C)c(=O)n(C)c4=O)c3C)c2C)cc2c1C(N1CC(O)C1)CC2. The van der Waals surface area contributed by atoms with Crippen LogP contribution in [0.5, 0.6) is 5.88 Å². The molecule has 1 aliphatic carbocycles. The Morgan fingerprint density at radius 3 is 2.40 bits per heavy atom. The first-order chi connectivity index (χ1) is 20.6. The number of rotatable bonds is 6. The van der Waals surface area contributed by atoms with Crippen molar-refractivity contribution in [3.63, 3.8) is 0 Å². The molecule has 222 valence electrons. The molecular weight excluding hydrogens is 548 g/mol. The standard InChI is InChI=1S/C32H34N6O5/c1-17-21(22-9-7-11-24(18(22)2)33-29(40)28-31(41)36(3)32(42)37(4)35-28)8-6-10-23(17)25-14-19-12-13-26(38-15-20(39)16-38)27(19)30(34-25)43-5/h6-11,14,20,26,39H,12-13,15-16H2,1-5H3,(H,33,40). The highest BCUT2D eigenvalue weighted by Gasteiger charge is 2.38. The molecule has 1 aliphatic heterocycles. The predicted octanol–water partition coefficient (Wildman–Crippen LogP) is 2.75. The van der Waals surface area contributed by atoms with Gasteiger partial charge in [0.25, 0.3) is 11.5 Å². The van der Waals surface area contributed by atoms with Crippen molar-refractivity contribution in [1.29, 1.82) is 0 Å². The zero-order valence-corrected chi connectivity index (χ0v) is 24.8. The number of likely N-dealkylation sites (tertiary alicyclic amines) is 1. The van der Waals surface area contributed by atoms with Crippen molar-refractivity contribution < 1.29 is 14.6 Å². The van der Waals surface area contributed by atoms with Gasteiger partial charge < -0.3 is 15.2 Å². The van der Waals surface area contributed by atoms with Gasteiger partial charge in [-0.15, -0.1) is 0 Å². The largest absolute Gasteiger partial charge is 0.481 e. The minimum Gasteiger partial charge on any atom is -0.481 e. The lowest BCUT2D eigenvalue weighted by Crippen LogP contribution is -2.51. The van der Waals surface area contributed by atoms with Crippen LogP contribution in [0.3, 0.4) is 0 Å². The third kappa shape index (κ3) is 4.84. The molecule has 2 N–H and O–H groups in total. The number of aliphatic hydroxyl groups excluding tert-OH is 1. The first-order valence-electron chi connectivity index (χ1n) is 14.2. The molecule has 1 amide bonds. The van der Waals surface area contributed by atoms with E-state index in [1.807, 2.05) is 37.3 Å². The van der Waals surface area contributed by atoms with Gasteiger partial charge in [0.1, 0.15) is 0 Å². The number of hydrogen-bond donors (Lipinski definition) is 2. The van der Waals surface area contributed by atoms with E-state index >= 15 is 0 Å². The summed E-state index contributed by atoms with van der Waals surface area (Å²) < 4.78 is 7.62. The van der Waals surface area contributed by atoms with Gasteiger partial charge in [0.2, 0.25) is 11.6 Å². The van der Waals surface area contributed by atoms with E-state index in [1.165, 1.54) is 19.7 Å². The zero-order chi connectivity index (χ0) is 30.6. The average molecular weight is 583 g/mol. The van der Waals surface area contributed by atoms with E-state index in [0.717, 1.165) is 61.2 Å². The molecule has 1 saturated heterocycles. The van der Waals surface area contributed by atoms with Crippen LogP contribution in [0.25, 0.3) is 22.4 Å². The molecule has 0 saturated carbocycles. The Morgan fingerprint density at radius 1 is 1.02 bits per heavy atom. The average Bonchev–Trinajstić information content (AvgIpc) is 3.40. The number of carbonyl (C=O) groups is 1. The maximum atomic E-state index is 13.1. The Morgan fingerprint density at radius 2 is 1.70 bits per heavy atom. The fraction of sp³-hybridized carbons (Fsp3) is 0.344. The number of benzene rings is 2. The summed E-state index contributed by atoms with van der Waals surface area (Å²) in [5, 5.41) is 16.5. The molecule has 2 aromatic heterocycles. The highest BCUT2D eigenvalue weighted by molar-refractivity contribution is 6.03. The molecule has 0 radical (unpaired) electrons.